The van der Waals surface area contributed by atoms with Crippen LogP contribution in [0.15, 0.2) is 20.1 Å². The molecule has 0 aliphatic carbocycles. The van der Waals surface area contributed by atoms with Crippen molar-refractivity contribution in [1.29, 1.82) is 0 Å². The van der Waals surface area contributed by atoms with Crippen molar-refractivity contribution in [1.82, 2.24) is 0 Å². The van der Waals surface area contributed by atoms with Gasteiger partial charge in [0.2, 0.25) is 0 Å². The molecule has 0 bridgehead atoms. The number of hydrogen-bond donors (Lipinski definition) is 0. The summed E-state index contributed by atoms with van der Waals surface area (Å²) in [6, 6.07) is 1.12. The van der Waals surface area contributed by atoms with Crippen LogP contribution in [0.2, 0.25) is 0 Å². The fourth-order valence-electron chi connectivity index (χ4n) is 0.901. The van der Waals surface area contributed by atoms with Crippen molar-refractivity contribution in [2.45, 2.75) is 13.8 Å². The molecular weight excluding hydrogens is 199 g/mol. The molecule has 0 fully saturated rings. The van der Waals surface area contributed by atoms with E-state index in [1.807, 2.05) is 0 Å². The van der Waals surface area contributed by atoms with E-state index < -0.39 is 22.4 Å². The smallest absolute Gasteiger partial charge is 0.460 e. The zero-order valence-electron chi connectivity index (χ0n) is 8.21. The van der Waals surface area contributed by atoms with Crippen molar-refractivity contribution < 1.29 is 44.2 Å². The Hall–Kier alpha value is -0.620. The molecule has 0 aromatic carbocycles. The van der Waals surface area contributed by atoms with Crippen molar-refractivity contribution in [3.8, 4) is 0 Å². The molecule has 1 rings (SSSR count). The fourth-order valence-corrected chi connectivity index (χ4v) is 0.901. The van der Waals surface area contributed by atoms with Crippen molar-refractivity contribution in [3.63, 3.8) is 0 Å². The van der Waals surface area contributed by atoms with E-state index in [0.717, 1.165) is 13.0 Å². The third-order valence-corrected chi connectivity index (χ3v) is 1.39. The van der Waals surface area contributed by atoms with Crippen molar-refractivity contribution in [2.75, 3.05) is 0 Å². The first-order chi connectivity index (χ1) is 5.52. The molecule has 5 nitrogen and oxygen atoms in total. The van der Waals surface area contributed by atoms with E-state index in [1.165, 1.54) is 6.92 Å². The molecule has 0 aliphatic rings. The monoisotopic (exact) mass is 208 g/mol. The zero-order chi connectivity index (χ0) is 9.30. The van der Waals surface area contributed by atoms with Crippen LogP contribution in [-0.2, 0) is 0 Å². The Morgan fingerprint density at radius 3 is 2.29 bits per heavy atom. The summed E-state index contributed by atoms with van der Waals surface area (Å²) >= 11 is 0. The van der Waals surface area contributed by atoms with E-state index in [0.29, 0.717) is 0 Å². The Balaban J connectivity index is 0. The molecule has 72 valence electrons. The van der Waals surface area contributed by atoms with Gasteiger partial charge in [0.15, 0.2) is 0 Å². The van der Waals surface area contributed by atoms with Gasteiger partial charge in [-0.15, -0.1) is 6.07 Å². The van der Waals surface area contributed by atoms with Gasteiger partial charge in [0.05, 0.1) is 5.78 Å². The van der Waals surface area contributed by atoms with Crippen LogP contribution in [0.4, 0.5) is 0 Å². The van der Waals surface area contributed by atoms with Crippen LogP contribution >= 0.6 is 0 Å². The molecule has 1 aromatic rings. The topological polar surface area (TPSA) is 95.8 Å². The summed E-state index contributed by atoms with van der Waals surface area (Å²) in [7, 11) is 0. The van der Waals surface area contributed by atoms with Gasteiger partial charge in [-0.1, -0.05) is 0 Å². The molecule has 0 aliphatic heterocycles. The molecule has 1 aromatic heterocycles. The minimum absolute atomic E-state index is 0. The standard InChI is InChI=1S/C8H7O4.Na.H2O/c1-4-3-6(10)7(5(2)9)8(11)12-4;;/h3H,1-2H3;;1H2/q-1;+1;. The number of carbonyl (C=O) groups is 1. The van der Waals surface area contributed by atoms with Gasteiger partial charge >= 0.3 is 29.6 Å². The molecule has 0 spiro atoms. The SMILES string of the molecule is CC(=O)[c-]1c(=O)cc(C)oc1=O.O.[Na+]. The van der Waals surface area contributed by atoms with E-state index in [1.54, 1.807) is 0 Å². The summed E-state index contributed by atoms with van der Waals surface area (Å²) in [5.74, 6) is -0.344. The molecule has 0 atom stereocenters. The van der Waals surface area contributed by atoms with E-state index in [-0.39, 0.29) is 40.8 Å². The second-order valence-electron chi connectivity index (χ2n) is 2.44. The normalized spacial score (nSPS) is 8.43. The third kappa shape index (κ3) is 3.26. The second-order valence-corrected chi connectivity index (χ2v) is 2.44. The summed E-state index contributed by atoms with van der Waals surface area (Å²) in [6.07, 6.45) is 0. The van der Waals surface area contributed by atoms with Gasteiger partial charge in [0, 0.05) is 11.2 Å². The summed E-state index contributed by atoms with van der Waals surface area (Å²) in [5.41, 5.74) is -1.83. The molecule has 0 amide bonds. The maximum absolute atomic E-state index is 11.0. The molecular formula is C8H9NaO5. The summed E-state index contributed by atoms with van der Waals surface area (Å²) < 4.78 is 4.57. The van der Waals surface area contributed by atoms with Gasteiger partial charge in [-0.25, -0.2) is 0 Å². The van der Waals surface area contributed by atoms with Gasteiger partial charge < -0.3 is 19.5 Å². The Bertz CT molecular complexity index is 397. The molecule has 0 saturated carbocycles. The molecule has 1 heterocycles. The first-order valence-electron chi connectivity index (χ1n) is 3.35. The van der Waals surface area contributed by atoms with Gasteiger partial charge in [-0.05, 0) is 19.4 Å². The number of carbonyl (C=O) groups excluding carboxylic acids is 1. The van der Waals surface area contributed by atoms with Crippen LogP contribution in [-0.4, -0.2) is 11.3 Å². The van der Waals surface area contributed by atoms with Gasteiger partial charge in [-0.2, -0.15) is 0 Å². The number of rotatable bonds is 1. The number of aryl methyl sites for hydroxylation is 1. The van der Waals surface area contributed by atoms with E-state index in [9.17, 15) is 14.4 Å². The van der Waals surface area contributed by atoms with E-state index in [2.05, 4.69) is 4.42 Å². The first kappa shape index (κ1) is 15.8. The zero-order valence-corrected chi connectivity index (χ0v) is 10.2. The van der Waals surface area contributed by atoms with Crippen LogP contribution in [0.5, 0.6) is 0 Å². The van der Waals surface area contributed by atoms with E-state index >= 15 is 0 Å². The Morgan fingerprint density at radius 2 is 1.93 bits per heavy atom. The largest absolute Gasteiger partial charge is 1.00 e. The number of hydrogen-bond acceptors (Lipinski definition) is 4. The van der Waals surface area contributed by atoms with Crippen molar-refractivity contribution in [3.05, 3.63) is 38.0 Å². The number of ketones is 1. The maximum atomic E-state index is 11.0. The summed E-state index contributed by atoms with van der Waals surface area (Å²) in [4.78, 5) is 32.7. The first-order valence-corrected chi connectivity index (χ1v) is 3.35. The molecule has 0 saturated heterocycles. The Kier molecular flexibility index (Phi) is 6.76. The van der Waals surface area contributed by atoms with E-state index in [4.69, 9.17) is 0 Å². The molecule has 0 unspecified atom stereocenters. The van der Waals surface area contributed by atoms with Crippen LogP contribution in [0, 0.1) is 6.92 Å². The van der Waals surface area contributed by atoms with Crippen molar-refractivity contribution in [2.24, 2.45) is 0 Å². The summed E-state index contributed by atoms with van der Waals surface area (Å²) in [6.45, 7) is 2.63. The average Bonchev–Trinajstić information content (AvgIpc) is 1.82. The van der Waals surface area contributed by atoms with Crippen LogP contribution in [0.3, 0.4) is 0 Å². The van der Waals surface area contributed by atoms with Crippen molar-refractivity contribution >= 4 is 5.78 Å². The van der Waals surface area contributed by atoms with Crippen LogP contribution in [0.25, 0.3) is 0 Å². The molecule has 0 radical (unpaired) electrons. The van der Waals surface area contributed by atoms with Gasteiger partial charge in [0.1, 0.15) is 0 Å². The van der Waals surface area contributed by atoms with Gasteiger partial charge in [-0.3, -0.25) is 4.79 Å². The molecule has 6 heteroatoms. The minimum atomic E-state index is -0.854. The van der Waals surface area contributed by atoms with Crippen LogP contribution < -0.4 is 40.6 Å². The summed E-state index contributed by atoms with van der Waals surface area (Å²) in [5, 5.41) is 0. The minimum Gasteiger partial charge on any atom is -0.460 e. The Labute approximate surface area is 102 Å². The van der Waals surface area contributed by atoms with Gasteiger partial charge in [0.25, 0.3) is 5.63 Å². The molecule has 2 N–H and O–H groups in total. The second kappa shape index (κ2) is 5.98. The average molecular weight is 208 g/mol. The predicted molar refractivity (Wildman–Crippen MR) is 45.2 cm³/mol. The quantitative estimate of drug-likeness (QED) is 0.270. The third-order valence-electron chi connectivity index (χ3n) is 1.39. The van der Waals surface area contributed by atoms with Crippen LogP contribution in [0.1, 0.15) is 23.0 Å². The fraction of sp³-hybridized carbons (Fsp3) is 0.250. The maximum Gasteiger partial charge on any atom is 1.00 e. The Morgan fingerprint density at radius 1 is 1.43 bits per heavy atom. The predicted octanol–water partition coefficient (Wildman–Crippen LogP) is -3.59. The number of Topliss-reactive ketones (excluding diaryl/α,β-unsaturated/α-hetero) is 1. The molecule has 14 heavy (non-hydrogen) atoms.